The van der Waals surface area contributed by atoms with Gasteiger partial charge in [0.15, 0.2) is 0 Å². The second kappa shape index (κ2) is 10.6. The highest BCUT2D eigenvalue weighted by atomic mass is 32.1. The average molecular weight is 401 g/mol. The molecule has 3 aromatic rings. The van der Waals surface area contributed by atoms with Crippen LogP contribution in [0.15, 0.2) is 53.1 Å². The van der Waals surface area contributed by atoms with Crippen LogP contribution in [0.4, 0.5) is 5.13 Å². The predicted octanol–water partition coefficient (Wildman–Crippen LogP) is 2.88. The van der Waals surface area contributed by atoms with E-state index < -0.39 is 0 Å². The number of amides is 1. The number of methoxy groups -OCH3 is 1. The Morgan fingerprint density at radius 2 is 2.07 bits per heavy atom. The summed E-state index contributed by atoms with van der Waals surface area (Å²) in [6.07, 6.45) is 2.65. The summed E-state index contributed by atoms with van der Waals surface area (Å²) in [6.45, 7) is 2.15. The minimum Gasteiger partial charge on any atom is -0.467 e. The molecule has 28 heavy (non-hydrogen) atoms. The molecule has 0 aliphatic carbocycles. The summed E-state index contributed by atoms with van der Waals surface area (Å²) in [5.74, 6) is 1.49. The van der Waals surface area contributed by atoms with Crippen LogP contribution in [0.1, 0.15) is 23.6 Å². The first-order chi connectivity index (χ1) is 13.7. The average Bonchev–Trinajstić information content (AvgIpc) is 3.39. The lowest BCUT2D eigenvalue weighted by Crippen LogP contribution is -2.32. The number of hydrogen-bond donors (Lipinski definition) is 1. The fourth-order valence-electron chi connectivity index (χ4n) is 2.65. The third kappa shape index (κ3) is 6.17. The van der Waals surface area contributed by atoms with Crippen molar-refractivity contribution in [2.75, 3.05) is 31.7 Å². The van der Waals surface area contributed by atoms with E-state index in [2.05, 4.69) is 26.8 Å². The van der Waals surface area contributed by atoms with Gasteiger partial charge in [-0.1, -0.05) is 30.3 Å². The molecule has 7 nitrogen and oxygen atoms in total. The normalized spacial score (nSPS) is 10.8. The summed E-state index contributed by atoms with van der Waals surface area (Å²) >= 11 is 1.35. The summed E-state index contributed by atoms with van der Waals surface area (Å²) in [5, 5.41) is 3.67. The topological polar surface area (TPSA) is 80.5 Å². The van der Waals surface area contributed by atoms with Crippen LogP contribution in [-0.4, -0.2) is 42.1 Å². The molecule has 148 valence electrons. The number of anilines is 1. The monoisotopic (exact) mass is 400 g/mol. The maximum Gasteiger partial charge on any atom is 0.222 e. The summed E-state index contributed by atoms with van der Waals surface area (Å²) in [5.41, 5.74) is 1.17. The predicted molar refractivity (Wildman–Crippen MR) is 108 cm³/mol. The SMILES string of the molecule is COCCN(CCC(=O)NCc1ccco1)c1nc(Cc2ccccc2)ns1. The first-order valence-electron chi connectivity index (χ1n) is 9.14. The maximum atomic E-state index is 12.2. The Labute approximate surface area is 168 Å². The number of carbonyl (C=O) groups excluding carboxylic acids is 1. The third-order valence-electron chi connectivity index (χ3n) is 4.15. The van der Waals surface area contributed by atoms with E-state index in [9.17, 15) is 4.79 Å². The fourth-order valence-corrected chi connectivity index (χ4v) is 3.39. The number of nitrogens with one attached hydrogen (secondary N) is 1. The van der Waals surface area contributed by atoms with E-state index in [-0.39, 0.29) is 5.91 Å². The second-order valence-corrected chi connectivity index (χ2v) is 6.97. The van der Waals surface area contributed by atoms with Crippen molar-refractivity contribution in [3.05, 3.63) is 65.9 Å². The quantitative estimate of drug-likeness (QED) is 0.533. The largest absolute Gasteiger partial charge is 0.467 e. The van der Waals surface area contributed by atoms with Gasteiger partial charge in [-0.2, -0.15) is 4.37 Å². The molecular weight excluding hydrogens is 376 g/mol. The Hall–Kier alpha value is -2.71. The van der Waals surface area contributed by atoms with Crippen LogP contribution >= 0.6 is 11.5 Å². The van der Waals surface area contributed by atoms with E-state index in [1.165, 1.54) is 17.1 Å². The maximum absolute atomic E-state index is 12.2. The molecule has 1 amide bonds. The molecule has 0 aliphatic heterocycles. The van der Waals surface area contributed by atoms with Gasteiger partial charge in [0.05, 0.1) is 19.4 Å². The van der Waals surface area contributed by atoms with E-state index in [0.29, 0.717) is 39.1 Å². The molecule has 0 fully saturated rings. The van der Waals surface area contributed by atoms with Crippen LogP contribution in [0.25, 0.3) is 0 Å². The number of carbonyl (C=O) groups is 1. The van der Waals surface area contributed by atoms with Crippen LogP contribution in [0.5, 0.6) is 0 Å². The number of aromatic nitrogens is 2. The van der Waals surface area contributed by atoms with Gasteiger partial charge in [0.2, 0.25) is 11.0 Å². The lowest BCUT2D eigenvalue weighted by Gasteiger charge is -2.20. The van der Waals surface area contributed by atoms with Gasteiger partial charge in [0.1, 0.15) is 11.6 Å². The summed E-state index contributed by atoms with van der Waals surface area (Å²) in [4.78, 5) is 18.8. The van der Waals surface area contributed by atoms with Crippen molar-refractivity contribution in [2.45, 2.75) is 19.4 Å². The van der Waals surface area contributed by atoms with Crippen molar-refractivity contribution in [3.8, 4) is 0 Å². The molecule has 1 N–H and O–H groups in total. The van der Waals surface area contributed by atoms with Crippen LogP contribution in [0.3, 0.4) is 0 Å². The molecule has 0 atom stereocenters. The smallest absolute Gasteiger partial charge is 0.222 e. The lowest BCUT2D eigenvalue weighted by atomic mass is 10.1. The lowest BCUT2D eigenvalue weighted by molar-refractivity contribution is -0.121. The van der Waals surface area contributed by atoms with E-state index in [1.54, 1.807) is 19.4 Å². The number of hydrogen-bond acceptors (Lipinski definition) is 7. The van der Waals surface area contributed by atoms with Crippen molar-refractivity contribution < 1.29 is 13.9 Å². The molecule has 2 aromatic heterocycles. The molecule has 8 heteroatoms. The molecule has 0 saturated carbocycles. The Bertz CT molecular complexity index is 836. The van der Waals surface area contributed by atoms with Gasteiger partial charge in [0.25, 0.3) is 0 Å². The molecular formula is C20H24N4O3S. The van der Waals surface area contributed by atoms with Crippen LogP contribution in [0.2, 0.25) is 0 Å². The molecule has 0 saturated heterocycles. The molecule has 0 bridgehead atoms. The van der Waals surface area contributed by atoms with E-state index in [0.717, 1.165) is 16.7 Å². The highest BCUT2D eigenvalue weighted by molar-refractivity contribution is 7.09. The zero-order valence-corrected chi connectivity index (χ0v) is 16.7. The van der Waals surface area contributed by atoms with Crippen molar-refractivity contribution in [2.24, 2.45) is 0 Å². The second-order valence-electron chi connectivity index (χ2n) is 6.24. The summed E-state index contributed by atoms with van der Waals surface area (Å²) in [7, 11) is 1.66. The van der Waals surface area contributed by atoms with Crippen molar-refractivity contribution in [3.63, 3.8) is 0 Å². The zero-order valence-electron chi connectivity index (χ0n) is 15.8. The van der Waals surface area contributed by atoms with Gasteiger partial charge < -0.3 is 19.4 Å². The minimum absolute atomic E-state index is 0.0344. The van der Waals surface area contributed by atoms with E-state index in [4.69, 9.17) is 9.15 Å². The molecule has 3 rings (SSSR count). The van der Waals surface area contributed by atoms with Gasteiger partial charge >= 0.3 is 0 Å². The van der Waals surface area contributed by atoms with E-state index >= 15 is 0 Å². The number of nitrogens with zero attached hydrogens (tertiary/aromatic N) is 3. The van der Waals surface area contributed by atoms with Crippen LogP contribution in [0, 0.1) is 0 Å². The Morgan fingerprint density at radius 3 is 2.82 bits per heavy atom. The first-order valence-corrected chi connectivity index (χ1v) is 9.91. The van der Waals surface area contributed by atoms with Gasteiger partial charge in [-0.3, -0.25) is 4.79 Å². The molecule has 1 aromatic carbocycles. The van der Waals surface area contributed by atoms with Crippen molar-refractivity contribution in [1.29, 1.82) is 0 Å². The fraction of sp³-hybridized carbons (Fsp3) is 0.350. The summed E-state index contributed by atoms with van der Waals surface area (Å²) in [6, 6.07) is 13.8. The standard InChI is InChI=1S/C20H24N4O3S/c1-26-13-11-24(10-9-19(25)21-15-17-8-5-12-27-17)20-22-18(23-28-20)14-16-6-3-2-4-7-16/h2-8,12H,9-11,13-15H2,1H3,(H,21,25). The molecule has 0 aliphatic rings. The third-order valence-corrected chi connectivity index (χ3v) is 4.96. The van der Waals surface area contributed by atoms with Crippen LogP contribution in [-0.2, 0) is 22.5 Å². The molecule has 0 spiro atoms. The molecule has 0 radical (unpaired) electrons. The van der Waals surface area contributed by atoms with Gasteiger partial charge in [-0.05, 0) is 17.7 Å². The number of benzene rings is 1. The number of rotatable bonds is 11. The van der Waals surface area contributed by atoms with Crippen molar-refractivity contribution in [1.82, 2.24) is 14.7 Å². The van der Waals surface area contributed by atoms with Gasteiger partial charge in [-0.25, -0.2) is 4.98 Å². The zero-order chi connectivity index (χ0) is 19.6. The van der Waals surface area contributed by atoms with Crippen molar-refractivity contribution >= 4 is 22.6 Å². The first kappa shape index (κ1) is 20.0. The highest BCUT2D eigenvalue weighted by Crippen LogP contribution is 2.19. The molecule has 2 heterocycles. The number of ether oxygens (including phenoxy) is 1. The Kier molecular flexibility index (Phi) is 7.57. The van der Waals surface area contributed by atoms with E-state index in [1.807, 2.05) is 29.2 Å². The Balaban J connectivity index is 1.54. The Morgan fingerprint density at radius 1 is 1.21 bits per heavy atom. The minimum atomic E-state index is -0.0344. The number of furan rings is 1. The van der Waals surface area contributed by atoms with Gasteiger partial charge in [-0.15, -0.1) is 0 Å². The summed E-state index contributed by atoms with van der Waals surface area (Å²) < 4.78 is 14.9. The van der Waals surface area contributed by atoms with Gasteiger partial charge in [0, 0.05) is 44.6 Å². The highest BCUT2D eigenvalue weighted by Gasteiger charge is 2.15. The van der Waals surface area contributed by atoms with Crippen LogP contribution < -0.4 is 10.2 Å². The molecule has 0 unspecified atom stereocenters.